The number of benzene rings is 1. The molecule has 2 unspecified atom stereocenters. The van der Waals surface area contributed by atoms with Gasteiger partial charge in [-0.3, -0.25) is 0 Å². The number of thioether (sulfide) groups is 1. The van der Waals surface area contributed by atoms with Crippen molar-refractivity contribution in [2.24, 2.45) is 11.7 Å². The first kappa shape index (κ1) is 12.3. The number of rotatable bonds is 4. The van der Waals surface area contributed by atoms with Crippen molar-refractivity contribution in [2.75, 3.05) is 23.4 Å². The van der Waals surface area contributed by atoms with Crippen LogP contribution in [0.25, 0.3) is 0 Å². The number of nitrogens with two attached hydrogens (primary N) is 1. The second-order valence-electron chi connectivity index (χ2n) is 4.12. The Bertz CT molecular complexity index is 340. The smallest absolute Gasteiger partial charge is 0.0420 e. The van der Waals surface area contributed by atoms with Crippen LogP contribution in [-0.4, -0.2) is 24.1 Å². The van der Waals surface area contributed by atoms with Gasteiger partial charge in [0.15, 0.2) is 0 Å². The number of anilines is 1. The van der Waals surface area contributed by atoms with Crippen LogP contribution in [0.1, 0.15) is 6.42 Å². The number of hydrogen-bond donors (Lipinski definition) is 2. The third kappa shape index (κ3) is 3.15. The lowest BCUT2D eigenvalue weighted by molar-refractivity contribution is 0.499. The van der Waals surface area contributed by atoms with Gasteiger partial charge in [-0.2, -0.15) is 11.8 Å². The highest BCUT2D eigenvalue weighted by atomic mass is 79.9. The molecule has 0 radical (unpaired) electrons. The summed E-state index contributed by atoms with van der Waals surface area (Å²) in [5.74, 6) is 3.23. The van der Waals surface area contributed by atoms with E-state index in [9.17, 15) is 0 Å². The Labute approximate surface area is 109 Å². The molecule has 1 fully saturated rings. The van der Waals surface area contributed by atoms with Crippen LogP contribution in [0.3, 0.4) is 0 Å². The first-order valence-electron chi connectivity index (χ1n) is 5.59. The van der Waals surface area contributed by atoms with Crippen LogP contribution >= 0.6 is 27.7 Å². The van der Waals surface area contributed by atoms with Crippen LogP contribution < -0.4 is 11.1 Å². The minimum Gasteiger partial charge on any atom is -0.381 e. The van der Waals surface area contributed by atoms with Crippen molar-refractivity contribution in [3.63, 3.8) is 0 Å². The molecule has 0 bridgehead atoms. The average Bonchev–Trinajstić information content (AvgIpc) is 2.79. The molecule has 16 heavy (non-hydrogen) atoms. The summed E-state index contributed by atoms with van der Waals surface area (Å²) in [4.78, 5) is 0. The molecule has 1 aromatic rings. The fourth-order valence-electron chi connectivity index (χ4n) is 2.03. The number of halogens is 1. The average molecular weight is 301 g/mol. The van der Waals surface area contributed by atoms with Gasteiger partial charge in [0, 0.05) is 22.7 Å². The van der Waals surface area contributed by atoms with E-state index in [-0.39, 0.29) is 0 Å². The van der Waals surface area contributed by atoms with E-state index in [0.717, 1.165) is 10.2 Å². The Balaban J connectivity index is 2.00. The van der Waals surface area contributed by atoms with Gasteiger partial charge in [0.2, 0.25) is 0 Å². The standard InChI is InChI=1S/C12H17BrN2S/c13-10-2-1-3-11(6-10)15-12(7-14)9-4-5-16-8-9/h1-3,6,9,12,15H,4-5,7-8,14H2. The molecule has 1 aliphatic heterocycles. The van der Waals surface area contributed by atoms with E-state index in [1.807, 2.05) is 23.9 Å². The van der Waals surface area contributed by atoms with Gasteiger partial charge < -0.3 is 11.1 Å². The molecule has 0 saturated carbocycles. The van der Waals surface area contributed by atoms with Gasteiger partial charge in [0.1, 0.15) is 0 Å². The van der Waals surface area contributed by atoms with E-state index in [4.69, 9.17) is 5.73 Å². The molecule has 0 aromatic heterocycles. The topological polar surface area (TPSA) is 38.0 Å². The minimum absolute atomic E-state index is 0.407. The van der Waals surface area contributed by atoms with Gasteiger partial charge in [-0.15, -0.1) is 0 Å². The Kier molecular flexibility index (Phi) is 4.55. The van der Waals surface area contributed by atoms with Gasteiger partial charge in [0.25, 0.3) is 0 Å². The molecule has 2 nitrogen and oxygen atoms in total. The lowest BCUT2D eigenvalue weighted by Crippen LogP contribution is -2.36. The largest absolute Gasteiger partial charge is 0.381 e. The molecular formula is C12H17BrN2S. The molecule has 4 heteroatoms. The van der Waals surface area contributed by atoms with Gasteiger partial charge in [-0.25, -0.2) is 0 Å². The van der Waals surface area contributed by atoms with E-state index >= 15 is 0 Å². The summed E-state index contributed by atoms with van der Waals surface area (Å²) in [6.45, 7) is 0.706. The molecule has 1 heterocycles. The molecule has 2 atom stereocenters. The second kappa shape index (κ2) is 5.94. The molecule has 1 saturated heterocycles. The van der Waals surface area contributed by atoms with Crippen molar-refractivity contribution >= 4 is 33.4 Å². The van der Waals surface area contributed by atoms with Crippen molar-refractivity contribution < 1.29 is 0 Å². The molecule has 0 amide bonds. The van der Waals surface area contributed by atoms with Crippen LogP contribution in [0, 0.1) is 5.92 Å². The Morgan fingerprint density at radius 2 is 2.44 bits per heavy atom. The summed E-state index contributed by atoms with van der Waals surface area (Å²) >= 11 is 5.52. The SMILES string of the molecule is NCC(Nc1cccc(Br)c1)C1CCSC1. The quantitative estimate of drug-likeness (QED) is 0.898. The predicted molar refractivity (Wildman–Crippen MR) is 76.0 cm³/mol. The highest BCUT2D eigenvalue weighted by Crippen LogP contribution is 2.28. The summed E-state index contributed by atoms with van der Waals surface area (Å²) in [7, 11) is 0. The van der Waals surface area contributed by atoms with Crippen molar-refractivity contribution in [1.29, 1.82) is 0 Å². The van der Waals surface area contributed by atoms with Gasteiger partial charge >= 0.3 is 0 Å². The van der Waals surface area contributed by atoms with Crippen LogP contribution in [0.15, 0.2) is 28.7 Å². The fourth-order valence-corrected chi connectivity index (χ4v) is 3.77. The molecule has 1 aliphatic rings. The summed E-state index contributed by atoms with van der Waals surface area (Å²) in [6, 6.07) is 8.68. The van der Waals surface area contributed by atoms with Crippen molar-refractivity contribution in [3.05, 3.63) is 28.7 Å². The van der Waals surface area contributed by atoms with Crippen LogP contribution in [0.4, 0.5) is 5.69 Å². The lowest BCUT2D eigenvalue weighted by Gasteiger charge is -2.23. The Morgan fingerprint density at radius 3 is 3.06 bits per heavy atom. The molecule has 88 valence electrons. The monoisotopic (exact) mass is 300 g/mol. The zero-order chi connectivity index (χ0) is 11.4. The summed E-state index contributed by atoms with van der Waals surface area (Å²) in [5.41, 5.74) is 7.01. The number of nitrogens with one attached hydrogen (secondary N) is 1. The number of hydrogen-bond acceptors (Lipinski definition) is 3. The van der Waals surface area contributed by atoms with E-state index in [1.165, 1.54) is 17.9 Å². The van der Waals surface area contributed by atoms with Gasteiger partial charge in [0.05, 0.1) is 0 Å². The molecule has 0 aliphatic carbocycles. The summed E-state index contributed by atoms with van der Waals surface area (Å²) < 4.78 is 1.11. The van der Waals surface area contributed by atoms with E-state index < -0.39 is 0 Å². The maximum Gasteiger partial charge on any atom is 0.0420 e. The first-order chi connectivity index (χ1) is 7.79. The molecule has 0 spiro atoms. The zero-order valence-electron chi connectivity index (χ0n) is 9.16. The minimum atomic E-state index is 0.407. The highest BCUT2D eigenvalue weighted by molar-refractivity contribution is 9.10. The molecule has 3 N–H and O–H groups in total. The van der Waals surface area contributed by atoms with Crippen LogP contribution in [0.5, 0.6) is 0 Å². The van der Waals surface area contributed by atoms with Crippen molar-refractivity contribution in [1.82, 2.24) is 0 Å². The zero-order valence-corrected chi connectivity index (χ0v) is 11.6. The molecule has 1 aromatic carbocycles. The van der Waals surface area contributed by atoms with E-state index in [2.05, 4.69) is 33.4 Å². The third-order valence-electron chi connectivity index (χ3n) is 2.96. The lowest BCUT2D eigenvalue weighted by atomic mass is 9.99. The van der Waals surface area contributed by atoms with Crippen molar-refractivity contribution in [3.8, 4) is 0 Å². The maximum atomic E-state index is 5.86. The normalized spacial score (nSPS) is 22.0. The summed E-state index contributed by atoms with van der Waals surface area (Å²) in [6.07, 6.45) is 1.29. The Hall–Kier alpha value is -0.190. The van der Waals surface area contributed by atoms with E-state index in [1.54, 1.807) is 0 Å². The highest BCUT2D eigenvalue weighted by Gasteiger charge is 2.24. The van der Waals surface area contributed by atoms with Gasteiger partial charge in [-0.1, -0.05) is 22.0 Å². The first-order valence-corrected chi connectivity index (χ1v) is 7.54. The van der Waals surface area contributed by atoms with E-state index in [0.29, 0.717) is 18.5 Å². The second-order valence-corrected chi connectivity index (χ2v) is 6.19. The third-order valence-corrected chi connectivity index (χ3v) is 4.65. The fraction of sp³-hybridized carbons (Fsp3) is 0.500. The van der Waals surface area contributed by atoms with Crippen molar-refractivity contribution in [2.45, 2.75) is 12.5 Å². The predicted octanol–water partition coefficient (Wildman–Crippen LogP) is 2.94. The van der Waals surface area contributed by atoms with Crippen LogP contribution in [0.2, 0.25) is 0 Å². The summed E-state index contributed by atoms with van der Waals surface area (Å²) in [5, 5.41) is 3.54. The molecule has 2 rings (SSSR count). The van der Waals surface area contributed by atoms with Crippen LogP contribution in [-0.2, 0) is 0 Å². The van der Waals surface area contributed by atoms with Gasteiger partial charge in [-0.05, 0) is 42.0 Å². The Morgan fingerprint density at radius 1 is 1.56 bits per heavy atom. The maximum absolute atomic E-state index is 5.86. The molecular weight excluding hydrogens is 284 g/mol.